The van der Waals surface area contributed by atoms with Gasteiger partial charge in [0, 0.05) is 10.9 Å². The van der Waals surface area contributed by atoms with E-state index in [1.165, 1.54) is 6.07 Å². The fourth-order valence-electron chi connectivity index (χ4n) is 1.73. The lowest BCUT2D eigenvalue weighted by Crippen LogP contribution is -2.22. The summed E-state index contributed by atoms with van der Waals surface area (Å²) < 4.78 is 7.59. The molecule has 7 heteroatoms. The van der Waals surface area contributed by atoms with E-state index in [-0.39, 0.29) is 11.1 Å². The molecule has 0 atom stereocenters. The van der Waals surface area contributed by atoms with E-state index in [9.17, 15) is 9.59 Å². The van der Waals surface area contributed by atoms with Crippen LogP contribution in [0, 0.1) is 0 Å². The molecule has 0 aliphatic rings. The zero-order valence-electron chi connectivity index (χ0n) is 9.58. The Labute approximate surface area is 122 Å². The molecule has 0 saturated heterocycles. The molecule has 0 fully saturated rings. The Morgan fingerprint density at radius 1 is 1.26 bits per heavy atom. The number of hydrogen-bond donors (Lipinski definition) is 0. The SMILES string of the molecule is COC(=O)c1c(C(Cl)(Cl)Cl)c2ccccc2oc1=O. The van der Waals surface area contributed by atoms with Crippen LogP contribution in [0.1, 0.15) is 15.9 Å². The standard InChI is InChI=1S/C12H7Cl3O4/c1-18-10(16)8-9(12(13,14)15)6-4-2-3-5-7(6)19-11(8)17/h2-5H,1H3. The molecular weight excluding hydrogens is 314 g/mol. The molecule has 0 radical (unpaired) electrons. The normalized spacial score (nSPS) is 11.6. The first-order valence-electron chi connectivity index (χ1n) is 5.07. The zero-order chi connectivity index (χ0) is 14.2. The molecule has 1 aromatic carbocycles. The van der Waals surface area contributed by atoms with Gasteiger partial charge < -0.3 is 9.15 Å². The summed E-state index contributed by atoms with van der Waals surface area (Å²) in [5.74, 6) is -0.916. The van der Waals surface area contributed by atoms with E-state index in [1.807, 2.05) is 0 Å². The summed E-state index contributed by atoms with van der Waals surface area (Å²) in [4.78, 5) is 23.5. The number of fused-ring (bicyclic) bond motifs is 1. The maximum absolute atomic E-state index is 11.9. The summed E-state index contributed by atoms with van der Waals surface area (Å²) in [6, 6.07) is 6.45. The quantitative estimate of drug-likeness (QED) is 0.459. The van der Waals surface area contributed by atoms with E-state index < -0.39 is 21.0 Å². The highest BCUT2D eigenvalue weighted by Crippen LogP contribution is 2.42. The van der Waals surface area contributed by atoms with Crippen molar-refractivity contribution in [3.63, 3.8) is 0 Å². The molecule has 19 heavy (non-hydrogen) atoms. The molecule has 2 aromatic rings. The maximum Gasteiger partial charge on any atom is 0.351 e. The monoisotopic (exact) mass is 320 g/mol. The average Bonchev–Trinajstić information content (AvgIpc) is 2.35. The van der Waals surface area contributed by atoms with Gasteiger partial charge >= 0.3 is 11.6 Å². The van der Waals surface area contributed by atoms with Gasteiger partial charge in [0.25, 0.3) is 0 Å². The van der Waals surface area contributed by atoms with Crippen LogP contribution in [0.15, 0.2) is 33.5 Å². The van der Waals surface area contributed by atoms with Crippen molar-refractivity contribution in [3.05, 3.63) is 45.8 Å². The third kappa shape index (κ3) is 2.56. The second-order valence-electron chi connectivity index (χ2n) is 3.63. The summed E-state index contributed by atoms with van der Waals surface area (Å²) in [6.07, 6.45) is 0. The van der Waals surface area contributed by atoms with E-state index in [0.717, 1.165) is 7.11 Å². The number of halogens is 3. The minimum absolute atomic E-state index is 0.0452. The number of para-hydroxylation sites is 1. The molecule has 0 unspecified atom stereocenters. The van der Waals surface area contributed by atoms with Gasteiger partial charge in [-0.3, -0.25) is 0 Å². The molecule has 0 bridgehead atoms. The molecule has 0 aliphatic carbocycles. The molecule has 100 valence electrons. The van der Waals surface area contributed by atoms with Gasteiger partial charge in [0.1, 0.15) is 5.58 Å². The predicted molar refractivity (Wildman–Crippen MR) is 73.1 cm³/mol. The summed E-state index contributed by atoms with van der Waals surface area (Å²) in [6.45, 7) is 0. The van der Waals surface area contributed by atoms with E-state index in [4.69, 9.17) is 39.2 Å². The van der Waals surface area contributed by atoms with Gasteiger partial charge in [-0.05, 0) is 6.07 Å². The van der Waals surface area contributed by atoms with Gasteiger partial charge in [-0.2, -0.15) is 0 Å². The first-order chi connectivity index (χ1) is 8.86. The Balaban J connectivity index is 2.99. The first-order valence-corrected chi connectivity index (χ1v) is 6.21. The van der Waals surface area contributed by atoms with Crippen molar-refractivity contribution < 1.29 is 13.9 Å². The van der Waals surface area contributed by atoms with E-state index in [0.29, 0.717) is 5.39 Å². The van der Waals surface area contributed by atoms with Crippen LogP contribution in [0.25, 0.3) is 11.0 Å². The smallest absolute Gasteiger partial charge is 0.351 e. The number of alkyl halides is 3. The highest BCUT2D eigenvalue weighted by molar-refractivity contribution is 6.67. The highest BCUT2D eigenvalue weighted by atomic mass is 35.6. The Kier molecular flexibility index (Phi) is 3.76. The molecule has 0 amide bonds. The van der Waals surface area contributed by atoms with E-state index >= 15 is 0 Å². The van der Waals surface area contributed by atoms with Crippen LogP contribution >= 0.6 is 34.8 Å². The molecule has 1 heterocycles. The van der Waals surface area contributed by atoms with Crippen molar-refractivity contribution in [2.24, 2.45) is 0 Å². The minimum atomic E-state index is -1.96. The van der Waals surface area contributed by atoms with Crippen molar-refractivity contribution in [1.82, 2.24) is 0 Å². The van der Waals surface area contributed by atoms with E-state index in [1.54, 1.807) is 18.2 Å². The molecule has 0 N–H and O–H groups in total. The lowest BCUT2D eigenvalue weighted by molar-refractivity contribution is 0.0595. The number of carbonyl (C=O) groups excluding carboxylic acids is 1. The molecular formula is C12H7Cl3O4. The zero-order valence-corrected chi connectivity index (χ0v) is 11.8. The Morgan fingerprint density at radius 2 is 1.89 bits per heavy atom. The minimum Gasteiger partial charge on any atom is -0.465 e. The van der Waals surface area contributed by atoms with Gasteiger partial charge in [0.05, 0.1) is 7.11 Å². The number of ether oxygens (including phenoxy) is 1. The van der Waals surface area contributed by atoms with Crippen LogP contribution in [0.3, 0.4) is 0 Å². The third-order valence-corrected chi connectivity index (χ3v) is 3.05. The molecule has 4 nitrogen and oxygen atoms in total. The van der Waals surface area contributed by atoms with Gasteiger partial charge in [0.15, 0.2) is 5.56 Å². The fourth-order valence-corrected chi connectivity index (χ4v) is 2.32. The van der Waals surface area contributed by atoms with Gasteiger partial charge in [-0.25, -0.2) is 9.59 Å². The van der Waals surface area contributed by atoms with Crippen molar-refractivity contribution in [2.75, 3.05) is 7.11 Å². The number of rotatable bonds is 1. The first kappa shape index (κ1) is 14.2. The fraction of sp³-hybridized carbons (Fsp3) is 0.167. The van der Waals surface area contributed by atoms with Crippen molar-refractivity contribution in [1.29, 1.82) is 0 Å². The number of methoxy groups -OCH3 is 1. The van der Waals surface area contributed by atoms with Crippen molar-refractivity contribution in [3.8, 4) is 0 Å². The number of hydrogen-bond acceptors (Lipinski definition) is 4. The van der Waals surface area contributed by atoms with Crippen LogP contribution in [-0.4, -0.2) is 13.1 Å². The Hall–Kier alpha value is -1.23. The second kappa shape index (κ2) is 5.04. The summed E-state index contributed by atoms with van der Waals surface area (Å²) in [5, 5.41) is 0.363. The largest absolute Gasteiger partial charge is 0.465 e. The number of benzene rings is 1. The summed E-state index contributed by atoms with van der Waals surface area (Å²) in [5.41, 5.74) is -1.15. The molecule has 2 rings (SSSR count). The van der Waals surface area contributed by atoms with Crippen LogP contribution in [0.5, 0.6) is 0 Å². The van der Waals surface area contributed by atoms with Crippen LogP contribution in [0.4, 0.5) is 0 Å². The maximum atomic E-state index is 11.9. The van der Waals surface area contributed by atoms with Crippen LogP contribution in [-0.2, 0) is 8.53 Å². The molecule has 0 saturated carbocycles. The summed E-state index contributed by atoms with van der Waals surface area (Å²) >= 11 is 17.6. The average molecular weight is 322 g/mol. The van der Waals surface area contributed by atoms with Crippen molar-refractivity contribution >= 4 is 51.7 Å². The lowest BCUT2D eigenvalue weighted by Gasteiger charge is -2.16. The third-order valence-electron chi connectivity index (χ3n) is 2.49. The van der Waals surface area contributed by atoms with Gasteiger partial charge in [0.2, 0.25) is 3.79 Å². The molecule has 0 spiro atoms. The number of carbonyl (C=O) groups is 1. The summed E-state index contributed by atoms with van der Waals surface area (Å²) in [7, 11) is 1.12. The van der Waals surface area contributed by atoms with Crippen molar-refractivity contribution in [2.45, 2.75) is 3.79 Å². The molecule has 0 aliphatic heterocycles. The molecule has 1 aromatic heterocycles. The Morgan fingerprint density at radius 3 is 2.47 bits per heavy atom. The van der Waals surface area contributed by atoms with Crippen LogP contribution < -0.4 is 5.63 Å². The predicted octanol–water partition coefficient (Wildman–Crippen LogP) is 3.41. The topological polar surface area (TPSA) is 56.5 Å². The van der Waals surface area contributed by atoms with Gasteiger partial charge in [-0.1, -0.05) is 53.0 Å². The second-order valence-corrected chi connectivity index (χ2v) is 5.91. The highest BCUT2D eigenvalue weighted by Gasteiger charge is 2.34. The van der Waals surface area contributed by atoms with Gasteiger partial charge in [-0.15, -0.1) is 0 Å². The van der Waals surface area contributed by atoms with E-state index in [2.05, 4.69) is 4.74 Å². The Bertz CT molecular complexity index is 700. The lowest BCUT2D eigenvalue weighted by atomic mass is 10.1. The number of esters is 1. The van der Waals surface area contributed by atoms with Crippen LogP contribution in [0.2, 0.25) is 0 Å².